The third-order valence-corrected chi connectivity index (χ3v) is 3.28. The van der Waals surface area contributed by atoms with Crippen LogP contribution in [0.3, 0.4) is 0 Å². The van der Waals surface area contributed by atoms with Crippen LogP contribution < -0.4 is 14.8 Å². The summed E-state index contributed by atoms with van der Waals surface area (Å²) in [6, 6.07) is 10.3. The summed E-state index contributed by atoms with van der Waals surface area (Å²) in [5.74, 6) is 1.69. The number of nitrogens with one attached hydrogen (secondary N) is 1. The number of benzene rings is 1. The van der Waals surface area contributed by atoms with Crippen molar-refractivity contribution in [1.29, 1.82) is 0 Å². The van der Waals surface area contributed by atoms with Gasteiger partial charge in [-0.3, -0.25) is 4.98 Å². The molecule has 1 N–H and O–H groups in total. The van der Waals surface area contributed by atoms with Crippen LogP contribution >= 0.6 is 0 Å². The van der Waals surface area contributed by atoms with E-state index in [1.165, 1.54) is 5.56 Å². The number of fused-ring (bicyclic) bond motifs is 1. The molecule has 0 radical (unpaired) electrons. The molecule has 4 heteroatoms. The first kappa shape index (κ1) is 12.0. The number of pyridine rings is 1. The van der Waals surface area contributed by atoms with Gasteiger partial charge < -0.3 is 14.8 Å². The van der Waals surface area contributed by atoms with E-state index in [0.717, 1.165) is 23.6 Å². The van der Waals surface area contributed by atoms with Gasteiger partial charge in [0.1, 0.15) is 0 Å². The second-order valence-corrected chi connectivity index (χ2v) is 4.53. The maximum atomic E-state index is 5.50. The zero-order valence-corrected chi connectivity index (χ0v) is 10.8. The molecular weight excluding hydrogens is 240 g/mol. The van der Waals surface area contributed by atoms with Gasteiger partial charge in [-0.05, 0) is 30.7 Å². The van der Waals surface area contributed by atoms with Crippen LogP contribution in [0.25, 0.3) is 0 Å². The molecule has 1 aromatic carbocycles. The Labute approximate surface area is 112 Å². The van der Waals surface area contributed by atoms with Gasteiger partial charge in [0.15, 0.2) is 11.5 Å². The van der Waals surface area contributed by atoms with Crippen molar-refractivity contribution in [3.63, 3.8) is 0 Å². The lowest BCUT2D eigenvalue weighted by molar-refractivity contribution is 0.173. The molecule has 0 saturated heterocycles. The fourth-order valence-electron chi connectivity index (χ4n) is 2.16. The molecule has 1 aliphatic rings. The van der Waals surface area contributed by atoms with Gasteiger partial charge in [0.2, 0.25) is 6.79 Å². The van der Waals surface area contributed by atoms with Gasteiger partial charge >= 0.3 is 0 Å². The van der Waals surface area contributed by atoms with Crippen molar-refractivity contribution in [1.82, 2.24) is 10.3 Å². The number of hydrogen-bond donors (Lipinski definition) is 1. The van der Waals surface area contributed by atoms with E-state index in [1.54, 1.807) is 0 Å². The van der Waals surface area contributed by atoms with Crippen molar-refractivity contribution < 1.29 is 9.47 Å². The number of rotatable bonds is 4. The van der Waals surface area contributed by atoms with Crippen LogP contribution in [0.2, 0.25) is 0 Å². The van der Waals surface area contributed by atoms with E-state index in [1.807, 2.05) is 36.7 Å². The molecule has 19 heavy (non-hydrogen) atoms. The Bertz CT molecular complexity index is 557. The van der Waals surface area contributed by atoms with E-state index in [0.29, 0.717) is 6.79 Å². The average Bonchev–Trinajstić information content (AvgIpc) is 2.94. The molecular formula is C15H16N2O2. The van der Waals surface area contributed by atoms with Crippen LogP contribution in [-0.2, 0) is 6.54 Å². The highest BCUT2D eigenvalue weighted by Crippen LogP contribution is 2.35. The standard InChI is InChI=1S/C15H16N2O2/c1-11(12-5-7-16-8-6-12)17-9-13-3-2-4-14-15(13)19-10-18-14/h2-8,11,17H,9-10H2,1H3/t11-/m0/s1. The molecule has 0 saturated carbocycles. The van der Waals surface area contributed by atoms with Crippen LogP contribution in [-0.4, -0.2) is 11.8 Å². The zero-order valence-electron chi connectivity index (χ0n) is 10.8. The van der Waals surface area contributed by atoms with Crippen molar-refractivity contribution in [2.45, 2.75) is 19.5 Å². The van der Waals surface area contributed by atoms with Crippen LogP contribution in [0.1, 0.15) is 24.1 Å². The smallest absolute Gasteiger partial charge is 0.231 e. The first-order valence-electron chi connectivity index (χ1n) is 6.35. The summed E-state index contributed by atoms with van der Waals surface area (Å²) in [6.07, 6.45) is 3.62. The second-order valence-electron chi connectivity index (χ2n) is 4.53. The molecule has 98 valence electrons. The van der Waals surface area contributed by atoms with E-state index in [-0.39, 0.29) is 6.04 Å². The fraction of sp³-hybridized carbons (Fsp3) is 0.267. The maximum absolute atomic E-state index is 5.50. The highest BCUT2D eigenvalue weighted by molar-refractivity contribution is 5.48. The Balaban J connectivity index is 1.69. The van der Waals surface area contributed by atoms with E-state index in [9.17, 15) is 0 Å². The summed E-state index contributed by atoms with van der Waals surface area (Å²) in [5, 5.41) is 3.48. The van der Waals surface area contributed by atoms with Gasteiger partial charge in [0, 0.05) is 30.5 Å². The van der Waals surface area contributed by atoms with Crippen LogP contribution in [0, 0.1) is 0 Å². The second kappa shape index (κ2) is 5.28. The molecule has 1 aromatic heterocycles. The van der Waals surface area contributed by atoms with Gasteiger partial charge in [-0.25, -0.2) is 0 Å². The zero-order chi connectivity index (χ0) is 13.1. The number of nitrogens with zero attached hydrogens (tertiary/aromatic N) is 1. The molecule has 0 spiro atoms. The van der Waals surface area contributed by atoms with Crippen molar-refractivity contribution in [3.05, 3.63) is 53.9 Å². The molecule has 1 aliphatic heterocycles. The van der Waals surface area contributed by atoms with Crippen LogP contribution in [0.4, 0.5) is 0 Å². The first-order chi connectivity index (χ1) is 9.34. The van der Waals surface area contributed by atoms with Gasteiger partial charge in [-0.2, -0.15) is 0 Å². The van der Waals surface area contributed by atoms with Gasteiger partial charge in [-0.1, -0.05) is 12.1 Å². The van der Waals surface area contributed by atoms with Gasteiger partial charge in [-0.15, -0.1) is 0 Å². The third-order valence-electron chi connectivity index (χ3n) is 3.28. The van der Waals surface area contributed by atoms with Gasteiger partial charge in [0.05, 0.1) is 0 Å². The predicted molar refractivity (Wildman–Crippen MR) is 72.1 cm³/mol. The van der Waals surface area contributed by atoms with Crippen LogP contribution in [0.15, 0.2) is 42.7 Å². The lowest BCUT2D eigenvalue weighted by Crippen LogP contribution is -2.18. The van der Waals surface area contributed by atoms with Crippen molar-refractivity contribution in [3.8, 4) is 11.5 Å². The van der Waals surface area contributed by atoms with E-state index < -0.39 is 0 Å². The highest BCUT2D eigenvalue weighted by Gasteiger charge is 2.17. The minimum absolute atomic E-state index is 0.265. The number of ether oxygens (including phenoxy) is 2. The Morgan fingerprint density at radius 2 is 2.05 bits per heavy atom. The number of aromatic nitrogens is 1. The van der Waals surface area contributed by atoms with Crippen molar-refractivity contribution in [2.24, 2.45) is 0 Å². The molecule has 0 aliphatic carbocycles. The molecule has 1 atom stereocenters. The molecule has 3 rings (SSSR count). The normalized spacial score (nSPS) is 14.4. The summed E-state index contributed by atoms with van der Waals surface area (Å²) < 4.78 is 10.9. The average molecular weight is 256 g/mol. The molecule has 4 nitrogen and oxygen atoms in total. The Kier molecular flexibility index (Phi) is 3.33. The molecule has 2 heterocycles. The molecule has 0 unspecified atom stereocenters. The maximum Gasteiger partial charge on any atom is 0.231 e. The lowest BCUT2D eigenvalue weighted by atomic mass is 10.1. The predicted octanol–water partition coefficient (Wildman–Crippen LogP) is 2.66. The van der Waals surface area contributed by atoms with E-state index in [4.69, 9.17) is 9.47 Å². The SMILES string of the molecule is C[C@H](NCc1cccc2c1OCO2)c1ccncc1. The Hall–Kier alpha value is -2.07. The monoisotopic (exact) mass is 256 g/mol. The summed E-state index contributed by atoms with van der Waals surface area (Å²) in [6.45, 7) is 3.19. The topological polar surface area (TPSA) is 43.4 Å². The first-order valence-corrected chi connectivity index (χ1v) is 6.35. The molecule has 0 fully saturated rings. The molecule has 2 aromatic rings. The summed E-state index contributed by atoms with van der Waals surface area (Å²) in [5.41, 5.74) is 2.34. The number of para-hydroxylation sites is 1. The third kappa shape index (κ3) is 2.53. The van der Waals surface area contributed by atoms with Crippen LogP contribution in [0.5, 0.6) is 11.5 Å². The number of hydrogen-bond acceptors (Lipinski definition) is 4. The minimum Gasteiger partial charge on any atom is -0.454 e. The summed E-state index contributed by atoms with van der Waals surface area (Å²) in [4.78, 5) is 4.03. The van der Waals surface area contributed by atoms with Crippen molar-refractivity contribution in [2.75, 3.05) is 6.79 Å². The highest BCUT2D eigenvalue weighted by atomic mass is 16.7. The lowest BCUT2D eigenvalue weighted by Gasteiger charge is -2.14. The summed E-state index contributed by atoms with van der Waals surface area (Å²) >= 11 is 0. The largest absolute Gasteiger partial charge is 0.454 e. The van der Waals surface area contributed by atoms with Gasteiger partial charge in [0.25, 0.3) is 0 Å². The quantitative estimate of drug-likeness (QED) is 0.913. The molecule has 0 amide bonds. The minimum atomic E-state index is 0.265. The van der Waals surface area contributed by atoms with Crippen molar-refractivity contribution >= 4 is 0 Å². The fourth-order valence-corrected chi connectivity index (χ4v) is 2.16. The van der Waals surface area contributed by atoms with E-state index >= 15 is 0 Å². The Morgan fingerprint density at radius 3 is 2.89 bits per heavy atom. The molecule has 0 bridgehead atoms. The van der Waals surface area contributed by atoms with E-state index in [2.05, 4.69) is 23.3 Å². The Morgan fingerprint density at radius 1 is 1.21 bits per heavy atom. The summed E-state index contributed by atoms with van der Waals surface area (Å²) in [7, 11) is 0.